The van der Waals surface area contributed by atoms with Crippen LogP contribution >= 0.6 is 11.3 Å². The molecule has 0 bridgehead atoms. The molecule has 2 rings (SSSR count). The Labute approximate surface area is 168 Å². The first kappa shape index (κ1) is 21.4. The van der Waals surface area contributed by atoms with Crippen LogP contribution < -0.4 is 20.1 Å². The van der Waals surface area contributed by atoms with Crippen LogP contribution in [0.2, 0.25) is 0 Å². The zero-order chi connectivity index (χ0) is 20.7. The number of carbonyl (C=O) groups is 2. The highest BCUT2D eigenvalue weighted by molar-refractivity contribution is 7.15. The van der Waals surface area contributed by atoms with E-state index in [2.05, 4.69) is 22.2 Å². The van der Waals surface area contributed by atoms with Crippen molar-refractivity contribution in [1.82, 2.24) is 15.6 Å². The molecule has 2 amide bonds. The zero-order valence-electron chi connectivity index (χ0n) is 16.5. The van der Waals surface area contributed by atoms with Crippen LogP contribution in [0.3, 0.4) is 0 Å². The van der Waals surface area contributed by atoms with E-state index in [0.29, 0.717) is 40.2 Å². The third kappa shape index (κ3) is 6.09. The molecule has 7 nitrogen and oxygen atoms in total. The predicted molar refractivity (Wildman–Crippen MR) is 109 cm³/mol. The Morgan fingerprint density at radius 3 is 2.61 bits per heavy atom. The van der Waals surface area contributed by atoms with Crippen LogP contribution in [0.25, 0.3) is 0 Å². The molecule has 1 heterocycles. The Bertz CT molecular complexity index is 876. The normalized spacial score (nSPS) is 10.3. The minimum atomic E-state index is -0.294. The minimum absolute atomic E-state index is 0.103. The molecule has 1 aromatic heterocycles. The standard InChI is InChI=1S/C20H25N3O4S/c1-12-6-7-16(10-13(12)2)27-11-17(24)22-14(3)8-9-21-19(25)18-15(4)23-20(26-5)28-18/h6-7,10H,3,8-9,11H2,1-2,4-5H3,(H,21,25)(H,22,24). The Hall–Kier alpha value is -2.87. The molecule has 0 saturated carbocycles. The second-order valence-corrected chi connectivity index (χ2v) is 7.25. The Morgan fingerprint density at radius 1 is 1.21 bits per heavy atom. The fourth-order valence-electron chi connectivity index (χ4n) is 2.33. The summed E-state index contributed by atoms with van der Waals surface area (Å²) in [5, 5.41) is 5.91. The first-order chi connectivity index (χ1) is 13.3. The summed E-state index contributed by atoms with van der Waals surface area (Å²) >= 11 is 1.19. The maximum atomic E-state index is 12.2. The predicted octanol–water partition coefficient (Wildman–Crippen LogP) is 2.91. The molecule has 0 aliphatic carbocycles. The molecule has 0 fully saturated rings. The number of amides is 2. The quantitative estimate of drug-likeness (QED) is 0.672. The van der Waals surface area contributed by atoms with Gasteiger partial charge in [0, 0.05) is 18.7 Å². The monoisotopic (exact) mass is 403 g/mol. The fraction of sp³-hybridized carbons (Fsp3) is 0.350. The second-order valence-electron chi connectivity index (χ2n) is 6.29. The molecule has 0 unspecified atom stereocenters. The van der Waals surface area contributed by atoms with Gasteiger partial charge in [0.2, 0.25) is 0 Å². The van der Waals surface area contributed by atoms with Gasteiger partial charge >= 0.3 is 0 Å². The van der Waals surface area contributed by atoms with E-state index < -0.39 is 0 Å². The molecular formula is C20H25N3O4S. The van der Waals surface area contributed by atoms with E-state index in [1.54, 1.807) is 6.92 Å². The van der Waals surface area contributed by atoms with E-state index in [-0.39, 0.29) is 18.4 Å². The van der Waals surface area contributed by atoms with Crippen molar-refractivity contribution >= 4 is 23.2 Å². The highest BCUT2D eigenvalue weighted by Gasteiger charge is 2.15. The van der Waals surface area contributed by atoms with Gasteiger partial charge in [0.15, 0.2) is 6.61 Å². The van der Waals surface area contributed by atoms with Gasteiger partial charge in [0.1, 0.15) is 10.6 Å². The van der Waals surface area contributed by atoms with Gasteiger partial charge in [-0.2, -0.15) is 0 Å². The molecule has 2 aromatic rings. The number of thiazole rings is 1. The molecular weight excluding hydrogens is 378 g/mol. The van der Waals surface area contributed by atoms with Crippen LogP contribution in [0.15, 0.2) is 30.5 Å². The van der Waals surface area contributed by atoms with Crippen LogP contribution in [0.5, 0.6) is 10.9 Å². The van der Waals surface area contributed by atoms with Gasteiger partial charge in [0.05, 0.1) is 12.8 Å². The summed E-state index contributed by atoms with van der Waals surface area (Å²) in [6.45, 7) is 9.81. The lowest BCUT2D eigenvalue weighted by molar-refractivity contribution is -0.122. The number of benzene rings is 1. The largest absolute Gasteiger partial charge is 0.484 e. The number of aryl methyl sites for hydroxylation is 3. The lowest BCUT2D eigenvalue weighted by Gasteiger charge is -2.11. The van der Waals surface area contributed by atoms with Crippen molar-refractivity contribution in [3.8, 4) is 10.9 Å². The number of methoxy groups -OCH3 is 1. The summed E-state index contributed by atoms with van der Waals surface area (Å²) in [5.41, 5.74) is 3.40. The zero-order valence-corrected chi connectivity index (χ0v) is 17.4. The highest BCUT2D eigenvalue weighted by atomic mass is 32.1. The third-order valence-corrected chi connectivity index (χ3v) is 5.15. The number of hydrogen-bond acceptors (Lipinski definition) is 6. The molecule has 0 aliphatic rings. The van der Waals surface area contributed by atoms with Crippen LogP contribution in [0.1, 0.15) is 32.9 Å². The summed E-state index contributed by atoms with van der Waals surface area (Å²) in [4.78, 5) is 28.8. The van der Waals surface area contributed by atoms with Crippen molar-refractivity contribution in [3.05, 3.63) is 52.2 Å². The summed E-state index contributed by atoms with van der Waals surface area (Å²) in [7, 11) is 1.51. The molecule has 0 aliphatic heterocycles. The summed E-state index contributed by atoms with van der Waals surface area (Å²) in [6.07, 6.45) is 0.413. The SMILES string of the molecule is C=C(CCNC(=O)c1sc(OC)nc1C)NC(=O)COc1ccc(C)c(C)c1. The van der Waals surface area contributed by atoms with Crippen LogP contribution in [-0.4, -0.2) is 37.1 Å². The molecule has 8 heteroatoms. The van der Waals surface area contributed by atoms with E-state index in [1.807, 2.05) is 32.0 Å². The van der Waals surface area contributed by atoms with Crippen LogP contribution in [0, 0.1) is 20.8 Å². The summed E-state index contributed by atoms with van der Waals surface area (Å²) < 4.78 is 10.5. The van der Waals surface area contributed by atoms with Crippen LogP contribution in [0.4, 0.5) is 0 Å². The number of carbonyl (C=O) groups excluding carboxylic acids is 2. The van der Waals surface area contributed by atoms with Gasteiger partial charge < -0.3 is 20.1 Å². The molecule has 0 atom stereocenters. The number of rotatable bonds is 9. The lowest BCUT2D eigenvalue weighted by atomic mass is 10.1. The fourth-order valence-corrected chi connectivity index (χ4v) is 3.12. The van der Waals surface area contributed by atoms with Crippen molar-refractivity contribution in [2.75, 3.05) is 20.3 Å². The molecule has 0 saturated heterocycles. The molecule has 150 valence electrons. The summed E-state index contributed by atoms with van der Waals surface area (Å²) in [5.74, 6) is 0.125. The average Bonchev–Trinajstić information content (AvgIpc) is 3.03. The van der Waals surface area contributed by atoms with Gasteiger partial charge in [-0.15, -0.1) is 0 Å². The smallest absolute Gasteiger partial charge is 0.273 e. The highest BCUT2D eigenvalue weighted by Crippen LogP contribution is 2.23. The molecule has 1 aromatic carbocycles. The van der Waals surface area contributed by atoms with Crippen molar-refractivity contribution in [2.45, 2.75) is 27.2 Å². The van der Waals surface area contributed by atoms with E-state index in [9.17, 15) is 9.59 Å². The number of aromatic nitrogens is 1. The van der Waals surface area contributed by atoms with Crippen molar-refractivity contribution in [2.24, 2.45) is 0 Å². The second kappa shape index (κ2) is 9.89. The van der Waals surface area contributed by atoms with Gasteiger partial charge in [-0.3, -0.25) is 9.59 Å². The Morgan fingerprint density at radius 2 is 1.96 bits per heavy atom. The maximum absolute atomic E-state index is 12.2. The third-order valence-electron chi connectivity index (χ3n) is 4.03. The average molecular weight is 404 g/mol. The number of ether oxygens (including phenoxy) is 2. The first-order valence-corrected chi connectivity index (χ1v) is 9.59. The molecule has 0 radical (unpaired) electrons. The van der Waals surface area contributed by atoms with E-state index in [0.717, 1.165) is 5.56 Å². The molecule has 0 spiro atoms. The number of hydrogen-bond donors (Lipinski definition) is 2. The van der Waals surface area contributed by atoms with Crippen molar-refractivity contribution in [1.29, 1.82) is 0 Å². The van der Waals surface area contributed by atoms with Crippen molar-refractivity contribution in [3.63, 3.8) is 0 Å². The van der Waals surface area contributed by atoms with Gasteiger partial charge in [-0.1, -0.05) is 24.0 Å². The lowest BCUT2D eigenvalue weighted by Crippen LogP contribution is -2.30. The van der Waals surface area contributed by atoms with Gasteiger partial charge in [-0.05, 0) is 44.0 Å². The molecule has 28 heavy (non-hydrogen) atoms. The molecule has 2 N–H and O–H groups in total. The Balaban J connectivity index is 1.71. The van der Waals surface area contributed by atoms with Crippen molar-refractivity contribution < 1.29 is 19.1 Å². The number of nitrogens with zero attached hydrogens (tertiary/aromatic N) is 1. The minimum Gasteiger partial charge on any atom is -0.484 e. The van der Waals surface area contributed by atoms with Gasteiger partial charge in [0.25, 0.3) is 17.0 Å². The van der Waals surface area contributed by atoms with E-state index >= 15 is 0 Å². The number of nitrogens with one attached hydrogen (secondary N) is 2. The summed E-state index contributed by atoms with van der Waals surface area (Å²) in [6, 6.07) is 5.67. The van der Waals surface area contributed by atoms with E-state index in [1.165, 1.54) is 24.0 Å². The maximum Gasteiger partial charge on any atom is 0.273 e. The van der Waals surface area contributed by atoms with Crippen LogP contribution in [-0.2, 0) is 4.79 Å². The first-order valence-electron chi connectivity index (χ1n) is 8.77. The Kier molecular flexibility index (Phi) is 7.57. The van der Waals surface area contributed by atoms with Gasteiger partial charge in [-0.25, -0.2) is 4.98 Å². The van der Waals surface area contributed by atoms with E-state index in [4.69, 9.17) is 9.47 Å². The topological polar surface area (TPSA) is 89.5 Å².